The highest BCUT2D eigenvalue weighted by Crippen LogP contribution is 2.24. The number of carbonyl (C=O) groups excluding carboxylic acids is 1. The maximum absolute atomic E-state index is 12.7. The van der Waals surface area contributed by atoms with Crippen molar-refractivity contribution in [2.75, 3.05) is 13.1 Å². The summed E-state index contributed by atoms with van der Waals surface area (Å²) in [6.45, 7) is 6.18. The number of aryl methyl sites for hydroxylation is 1. The van der Waals surface area contributed by atoms with Crippen LogP contribution < -0.4 is 5.32 Å². The van der Waals surface area contributed by atoms with E-state index in [4.69, 9.17) is 0 Å². The van der Waals surface area contributed by atoms with Crippen LogP contribution in [0, 0.1) is 18.8 Å². The molecule has 0 aliphatic carbocycles. The largest absolute Gasteiger partial charge is 0.480 e. The molecule has 1 heterocycles. The Bertz CT molecular complexity index is 766. The van der Waals surface area contributed by atoms with Crippen molar-refractivity contribution in [2.45, 2.75) is 51.0 Å². The van der Waals surface area contributed by atoms with Gasteiger partial charge in [0.25, 0.3) is 0 Å². The van der Waals surface area contributed by atoms with Crippen LogP contribution in [0.4, 0.5) is 0 Å². The first kappa shape index (κ1) is 21.4. The molecule has 1 saturated heterocycles. The number of piperidine rings is 1. The molecule has 1 fully saturated rings. The Labute approximate surface area is 160 Å². The Morgan fingerprint density at radius 3 is 2.22 bits per heavy atom. The van der Waals surface area contributed by atoms with Gasteiger partial charge in [-0.05, 0) is 44.2 Å². The predicted octanol–water partition coefficient (Wildman–Crippen LogP) is 2.01. The molecule has 8 heteroatoms. The third-order valence-electron chi connectivity index (χ3n) is 4.81. The molecule has 1 aliphatic rings. The maximum atomic E-state index is 12.7. The number of hydrogen-bond donors (Lipinski definition) is 2. The molecule has 27 heavy (non-hydrogen) atoms. The molecule has 2 N–H and O–H groups in total. The topological polar surface area (TPSA) is 104 Å². The van der Waals surface area contributed by atoms with Crippen LogP contribution in [0.5, 0.6) is 0 Å². The fraction of sp³-hybridized carbons (Fsp3) is 0.579. The van der Waals surface area contributed by atoms with Gasteiger partial charge in [0.2, 0.25) is 15.9 Å². The van der Waals surface area contributed by atoms with Gasteiger partial charge in [0.15, 0.2) is 0 Å². The van der Waals surface area contributed by atoms with E-state index in [1.807, 2.05) is 20.8 Å². The van der Waals surface area contributed by atoms with E-state index in [0.29, 0.717) is 19.3 Å². The number of hydrogen-bond acceptors (Lipinski definition) is 4. The third kappa shape index (κ3) is 5.52. The molecule has 0 unspecified atom stereocenters. The SMILES string of the molecule is Cc1ccc(S(=O)(=O)N2CCC(C(=O)N[C@H](CC(C)C)C(=O)O)CC2)cc1. The molecule has 7 nitrogen and oxygen atoms in total. The molecule has 2 rings (SSSR count). The highest BCUT2D eigenvalue weighted by atomic mass is 32.2. The number of nitrogens with zero attached hydrogens (tertiary/aromatic N) is 1. The highest BCUT2D eigenvalue weighted by Gasteiger charge is 2.33. The lowest BCUT2D eigenvalue weighted by molar-refractivity contribution is -0.143. The normalized spacial score (nSPS) is 17.6. The van der Waals surface area contributed by atoms with Crippen molar-refractivity contribution in [3.63, 3.8) is 0 Å². The summed E-state index contributed by atoms with van der Waals surface area (Å²) in [6.07, 6.45) is 1.12. The zero-order valence-electron chi connectivity index (χ0n) is 16.0. The average Bonchev–Trinajstić information content (AvgIpc) is 2.61. The minimum Gasteiger partial charge on any atom is -0.480 e. The molecule has 1 aliphatic heterocycles. The second-order valence-electron chi connectivity index (χ2n) is 7.52. The Hall–Kier alpha value is -1.93. The molecule has 1 aromatic carbocycles. The van der Waals surface area contributed by atoms with Crippen molar-refractivity contribution in [1.29, 1.82) is 0 Å². The average molecular weight is 397 g/mol. The summed E-state index contributed by atoms with van der Waals surface area (Å²) in [6, 6.07) is 5.79. The Kier molecular flexibility index (Phi) is 7.00. The molecule has 0 aromatic heterocycles. The van der Waals surface area contributed by atoms with Crippen molar-refractivity contribution < 1.29 is 23.1 Å². The van der Waals surface area contributed by atoms with Crippen molar-refractivity contribution in [1.82, 2.24) is 9.62 Å². The molecule has 0 radical (unpaired) electrons. The number of rotatable bonds is 7. The Balaban J connectivity index is 1.96. The zero-order chi connectivity index (χ0) is 20.2. The number of carboxylic acids is 1. The van der Waals surface area contributed by atoms with Gasteiger partial charge in [-0.15, -0.1) is 0 Å². The number of amides is 1. The number of carbonyl (C=O) groups is 2. The highest BCUT2D eigenvalue weighted by molar-refractivity contribution is 7.89. The van der Waals surface area contributed by atoms with Crippen LogP contribution in [-0.4, -0.2) is 48.8 Å². The van der Waals surface area contributed by atoms with Gasteiger partial charge in [-0.1, -0.05) is 31.5 Å². The maximum Gasteiger partial charge on any atom is 0.326 e. The second-order valence-corrected chi connectivity index (χ2v) is 9.46. The van der Waals surface area contributed by atoms with E-state index in [9.17, 15) is 23.1 Å². The van der Waals surface area contributed by atoms with E-state index in [1.165, 1.54) is 4.31 Å². The molecule has 0 saturated carbocycles. The summed E-state index contributed by atoms with van der Waals surface area (Å²) in [5.41, 5.74) is 0.985. The van der Waals surface area contributed by atoms with Gasteiger partial charge in [0.1, 0.15) is 6.04 Å². The predicted molar refractivity (Wildman–Crippen MR) is 102 cm³/mol. The van der Waals surface area contributed by atoms with E-state index in [0.717, 1.165) is 5.56 Å². The minimum absolute atomic E-state index is 0.146. The summed E-state index contributed by atoms with van der Waals surface area (Å²) >= 11 is 0. The van der Waals surface area contributed by atoms with Gasteiger partial charge in [0, 0.05) is 19.0 Å². The molecule has 0 bridgehead atoms. The smallest absolute Gasteiger partial charge is 0.326 e. The first-order valence-electron chi connectivity index (χ1n) is 9.21. The van der Waals surface area contributed by atoms with E-state index < -0.39 is 22.0 Å². The molecule has 0 spiro atoms. The van der Waals surface area contributed by atoms with E-state index in [-0.39, 0.29) is 35.7 Å². The van der Waals surface area contributed by atoms with Gasteiger partial charge in [0.05, 0.1) is 4.90 Å². The van der Waals surface area contributed by atoms with E-state index in [1.54, 1.807) is 24.3 Å². The van der Waals surface area contributed by atoms with Crippen molar-refractivity contribution in [3.05, 3.63) is 29.8 Å². The van der Waals surface area contributed by atoms with Crippen LogP contribution in [0.2, 0.25) is 0 Å². The molecule has 150 valence electrons. The standard InChI is InChI=1S/C19H28N2O5S/c1-13(2)12-17(19(23)24)20-18(22)15-8-10-21(11-9-15)27(25,26)16-6-4-14(3)5-7-16/h4-7,13,15,17H,8-12H2,1-3H3,(H,20,22)(H,23,24)/t17-/m1/s1. The van der Waals surface area contributed by atoms with Crippen molar-refractivity contribution in [3.8, 4) is 0 Å². The van der Waals surface area contributed by atoms with Crippen molar-refractivity contribution >= 4 is 21.9 Å². The molecular formula is C19H28N2O5S. The van der Waals surface area contributed by atoms with Gasteiger partial charge >= 0.3 is 5.97 Å². The number of sulfonamides is 1. The summed E-state index contributed by atoms with van der Waals surface area (Å²) in [5, 5.41) is 11.9. The lowest BCUT2D eigenvalue weighted by atomic mass is 9.96. The number of nitrogens with one attached hydrogen (secondary N) is 1. The lowest BCUT2D eigenvalue weighted by Gasteiger charge is -2.31. The fourth-order valence-corrected chi connectivity index (χ4v) is 4.67. The van der Waals surface area contributed by atoms with Crippen LogP contribution in [0.25, 0.3) is 0 Å². The summed E-state index contributed by atoms with van der Waals surface area (Å²) in [4.78, 5) is 24.0. The summed E-state index contributed by atoms with van der Waals surface area (Å²) in [5.74, 6) is -1.58. The van der Waals surface area contributed by atoms with Gasteiger partial charge in [-0.25, -0.2) is 13.2 Å². The van der Waals surface area contributed by atoms with Crippen LogP contribution in [0.15, 0.2) is 29.2 Å². The minimum atomic E-state index is -3.57. The fourth-order valence-electron chi connectivity index (χ4n) is 3.20. The molecular weight excluding hydrogens is 368 g/mol. The first-order chi connectivity index (χ1) is 12.6. The van der Waals surface area contributed by atoms with Crippen molar-refractivity contribution in [2.24, 2.45) is 11.8 Å². The van der Waals surface area contributed by atoms with E-state index >= 15 is 0 Å². The van der Waals surface area contributed by atoms with Crippen LogP contribution in [0.3, 0.4) is 0 Å². The number of carboxylic acid groups (broad SMARTS) is 1. The van der Waals surface area contributed by atoms with Crippen LogP contribution in [0.1, 0.15) is 38.7 Å². The second kappa shape index (κ2) is 8.84. The third-order valence-corrected chi connectivity index (χ3v) is 6.72. The Morgan fingerprint density at radius 2 is 1.74 bits per heavy atom. The van der Waals surface area contributed by atoms with E-state index in [2.05, 4.69) is 5.32 Å². The monoisotopic (exact) mass is 396 g/mol. The van der Waals surface area contributed by atoms with Gasteiger partial charge in [-0.3, -0.25) is 4.79 Å². The summed E-state index contributed by atoms with van der Waals surface area (Å²) < 4.78 is 26.8. The zero-order valence-corrected chi connectivity index (χ0v) is 16.8. The van der Waals surface area contributed by atoms with Gasteiger partial charge in [-0.2, -0.15) is 4.31 Å². The number of benzene rings is 1. The quantitative estimate of drug-likeness (QED) is 0.734. The summed E-state index contributed by atoms with van der Waals surface area (Å²) in [7, 11) is -3.57. The Morgan fingerprint density at radius 1 is 1.19 bits per heavy atom. The van der Waals surface area contributed by atoms with Crippen LogP contribution in [-0.2, 0) is 19.6 Å². The molecule has 1 amide bonds. The first-order valence-corrected chi connectivity index (χ1v) is 10.6. The lowest BCUT2D eigenvalue weighted by Crippen LogP contribution is -2.47. The number of aliphatic carboxylic acids is 1. The molecule has 1 atom stereocenters. The van der Waals surface area contributed by atoms with Gasteiger partial charge < -0.3 is 10.4 Å². The van der Waals surface area contributed by atoms with Crippen LogP contribution >= 0.6 is 0 Å². The molecule has 1 aromatic rings.